The first kappa shape index (κ1) is 29.3. The minimum atomic E-state index is -0.171. The number of fused-ring (bicyclic) bond motifs is 2. The normalized spacial score (nSPS) is 16.4. The Bertz CT molecular complexity index is 1870. The number of rotatable bonds is 7. The Kier molecular flexibility index (Phi) is 8.84. The number of anilines is 1. The number of para-hydroxylation sites is 2. The number of ether oxygens (including phenoxy) is 2. The van der Waals surface area contributed by atoms with Crippen LogP contribution in [0.1, 0.15) is 25.7 Å². The van der Waals surface area contributed by atoms with E-state index in [1.807, 2.05) is 54.8 Å². The summed E-state index contributed by atoms with van der Waals surface area (Å²) in [6, 6.07) is 15.7. The smallest absolute Gasteiger partial charge is 0.223 e. The molecular formula is C31H33N9O3S. The summed E-state index contributed by atoms with van der Waals surface area (Å²) >= 11 is 1.51. The van der Waals surface area contributed by atoms with Gasteiger partial charge in [-0.3, -0.25) is 10.2 Å². The summed E-state index contributed by atoms with van der Waals surface area (Å²) in [6.07, 6.45) is 8.76. The third kappa shape index (κ3) is 6.15. The van der Waals surface area contributed by atoms with Gasteiger partial charge in [0.15, 0.2) is 5.16 Å². The average Bonchev–Trinajstić information content (AvgIpc) is 3.71. The lowest BCUT2D eigenvalue weighted by Gasteiger charge is -2.26. The van der Waals surface area contributed by atoms with Crippen LogP contribution in [0.25, 0.3) is 44.6 Å². The second kappa shape index (κ2) is 13.3. The highest BCUT2D eigenvalue weighted by Gasteiger charge is 2.20. The number of methoxy groups -OCH3 is 2. The molecule has 7 rings (SSSR count). The van der Waals surface area contributed by atoms with E-state index in [9.17, 15) is 5.11 Å². The number of aromatic amines is 2. The minimum absolute atomic E-state index is 0.171. The Morgan fingerprint density at radius 3 is 1.91 bits per heavy atom. The van der Waals surface area contributed by atoms with Gasteiger partial charge in [-0.2, -0.15) is 10.2 Å². The highest BCUT2D eigenvalue weighted by atomic mass is 32.2. The minimum Gasteiger partial charge on any atom is -0.494 e. The third-order valence-corrected chi connectivity index (χ3v) is 8.11. The molecule has 0 radical (unpaired) electrons. The molecule has 0 aliphatic heterocycles. The summed E-state index contributed by atoms with van der Waals surface area (Å²) in [6.45, 7) is 0. The van der Waals surface area contributed by atoms with Crippen LogP contribution in [-0.2, 0) is 0 Å². The van der Waals surface area contributed by atoms with Crippen LogP contribution in [0.15, 0.2) is 66.1 Å². The number of hydrogen-bond acceptors (Lipinski definition) is 11. The molecule has 0 saturated heterocycles. The van der Waals surface area contributed by atoms with Gasteiger partial charge in [0.2, 0.25) is 5.95 Å². The number of aromatic nitrogens is 8. The number of nitrogens with one attached hydrogen (secondary N) is 3. The van der Waals surface area contributed by atoms with E-state index in [2.05, 4.69) is 45.6 Å². The SMILES string of the molecule is COc1cccc2c(-c3ccnc(NC4CCC(O)CC4)n3)n[nH]c12.COc1cccc2c(-c3ccnc(SC)n3)n[nH]c12. The van der Waals surface area contributed by atoms with Crippen molar-refractivity contribution in [2.45, 2.75) is 43.0 Å². The number of aliphatic hydroxyl groups excluding tert-OH is 1. The van der Waals surface area contributed by atoms with Crippen LogP contribution in [0.3, 0.4) is 0 Å². The highest BCUT2D eigenvalue weighted by Crippen LogP contribution is 2.32. The van der Waals surface area contributed by atoms with Gasteiger partial charge in [-0.05, 0) is 56.2 Å². The lowest BCUT2D eigenvalue weighted by Crippen LogP contribution is -2.28. The quantitative estimate of drug-likeness (QED) is 0.133. The molecule has 1 aliphatic carbocycles. The van der Waals surface area contributed by atoms with Gasteiger partial charge in [0.25, 0.3) is 0 Å². The second-order valence-corrected chi connectivity index (χ2v) is 11.0. The van der Waals surface area contributed by atoms with Crippen LogP contribution in [-0.4, -0.2) is 78.1 Å². The maximum atomic E-state index is 9.62. The van der Waals surface area contributed by atoms with Crippen molar-refractivity contribution in [2.24, 2.45) is 0 Å². The summed E-state index contributed by atoms with van der Waals surface area (Å²) in [5.74, 6) is 2.12. The number of nitrogens with zero attached hydrogens (tertiary/aromatic N) is 6. The molecule has 12 nitrogen and oxygen atoms in total. The van der Waals surface area contributed by atoms with E-state index in [0.29, 0.717) is 12.0 Å². The number of benzene rings is 2. The summed E-state index contributed by atoms with van der Waals surface area (Å²) < 4.78 is 10.7. The Morgan fingerprint density at radius 1 is 0.773 bits per heavy atom. The Labute approximate surface area is 258 Å². The molecule has 44 heavy (non-hydrogen) atoms. The Hall–Kier alpha value is -4.75. The molecule has 0 atom stereocenters. The van der Waals surface area contributed by atoms with Gasteiger partial charge in [-0.25, -0.2) is 19.9 Å². The first-order valence-electron chi connectivity index (χ1n) is 14.3. The fourth-order valence-electron chi connectivity index (χ4n) is 5.30. The maximum absolute atomic E-state index is 9.62. The van der Waals surface area contributed by atoms with Crippen LogP contribution in [0.4, 0.5) is 5.95 Å². The molecule has 4 heterocycles. The second-order valence-electron chi connectivity index (χ2n) is 10.3. The van der Waals surface area contributed by atoms with E-state index in [1.54, 1.807) is 26.6 Å². The molecule has 0 bridgehead atoms. The van der Waals surface area contributed by atoms with E-state index in [0.717, 1.165) is 86.9 Å². The lowest BCUT2D eigenvalue weighted by atomic mass is 9.93. The van der Waals surface area contributed by atoms with E-state index in [-0.39, 0.29) is 6.10 Å². The van der Waals surface area contributed by atoms with E-state index < -0.39 is 0 Å². The van der Waals surface area contributed by atoms with Crippen molar-refractivity contribution in [1.82, 2.24) is 40.3 Å². The predicted molar refractivity (Wildman–Crippen MR) is 171 cm³/mol. The molecule has 226 valence electrons. The van der Waals surface area contributed by atoms with Crippen molar-refractivity contribution >= 4 is 39.5 Å². The fraction of sp³-hybridized carbons (Fsp3) is 0.290. The van der Waals surface area contributed by atoms with Crippen molar-refractivity contribution in [3.63, 3.8) is 0 Å². The van der Waals surface area contributed by atoms with E-state index in [1.165, 1.54) is 11.8 Å². The van der Waals surface area contributed by atoms with Crippen molar-refractivity contribution in [3.8, 4) is 34.3 Å². The van der Waals surface area contributed by atoms with Gasteiger partial charge >= 0.3 is 0 Å². The van der Waals surface area contributed by atoms with Crippen LogP contribution in [0, 0.1) is 0 Å². The number of thioether (sulfide) groups is 1. The molecule has 4 aromatic heterocycles. The summed E-state index contributed by atoms with van der Waals surface area (Å²) in [5.41, 5.74) is 4.88. The van der Waals surface area contributed by atoms with Crippen molar-refractivity contribution < 1.29 is 14.6 Å². The number of hydrogen-bond donors (Lipinski definition) is 4. The summed E-state index contributed by atoms with van der Waals surface area (Å²) in [7, 11) is 3.29. The lowest BCUT2D eigenvalue weighted by molar-refractivity contribution is 0.126. The van der Waals surface area contributed by atoms with Gasteiger partial charge in [-0.15, -0.1) is 0 Å². The van der Waals surface area contributed by atoms with E-state index >= 15 is 0 Å². The van der Waals surface area contributed by atoms with Gasteiger partial charge in [-0.1, -0.05) is 36.0 Å². The molecule has 1 aliphatic rings. The summed E-state index contributed by atoms with van der Waals surface area (Å²) in [4.78, 5) is 17.6. The van der Waals surface area contributed by atoms with Crippen LogP contribution in [0.2, 0.25) is 0 Å². The molecule has 2 aromatic carbocycles. The van der Waals surface area contributed by atoms with Gasteiger partial charge < -0.3 is 19.9 Å². The monoisotopic (exact) mass is 611 g/mol. The van der Waals surface area contributed by atoms with Crippen molar-refractivity contribution in [1.29, 1.82) is 0 Å². The number of H-pyrrole nitrogens is 2. The van der Waals surface area contributed by atoms with Crippen LogP contribution >= 0.6 is 11.8 Å². The average molecular weight is 612 g/mol. The predicted octanol–water partition coefficient (Wildman–Crippen LogP) is 5.49. The molecule has 0 spiro atoms. The summed E-state index contributed by atoms with van der Waals surface area (Å²) in [5, 5.41) is 30.5. The molecule has 0 amide bonds. The highest BCUT2D eigenvalue weighted by molar-refractivity contribution is 7.98. The van der Waals surface area contributed by atoms with Gasteiger partial charge in [0, 0.05) is 29.2 Å². The van der Waals surface area contributed by atoms with Gasteiger partial charge in [0.05, 0.1) is 31.7 Å². The molecule has 13 heteroatoms. The van der Waals surface area contributed by atoms with Gasteiger partial charge in [0.1, 0.15) is 33.9 Å². The standard InChI is InChI=1S/C18H21N5O2.C13H12N4OS/c1-25-15-4-2-3-13-16(22-23-17(13)15)14-9-10-19-18(21-14)20-11-5-7-12(24)8-6-11;1-18-10-5-3-4-8-11(16-17-12(8)10)9-6-7-14-13(15-9)19-2/h2-4,9-12,24H,5-8H2,1H3,(H,22,23)(H,19,20,21);3-7H,1-2H3,(H,16,17). The Morgan fingerprint density at radius 2 is 1.34 bits per heavy atom. The molecule has 1 saturated carbocycles. The molecule has 0 unspecified atom stereocenters. The zero-order valence-electron chi connectivity index (χ0n) is 24.6. The van der Waals surface area contributed by atoms with Crippen molar-refractivity contribution in [2.75, 3.05) is 25.8 Å². The fourth-order valence-corrected chi connectivity index (χ4v) is 5.65. The third-order valence-electron chi connectivity index (χ3n) is 7.55. The van der Waals surface area contributed by atoms with Crippen LogP contribution in [0.5, 0.6) is 11.5 Å². The molecule has 6 aromatic rings. The topological polar surface area (TPSA) is 160 Å². The largest absolute Gasteiger partial charge is 0.494 e. The van der Waals surface area contributed by atoms with E-state index in [4.69, 9.17) is 9.47 Å². The maximum Gasteiger partial charge on any atom is 0.223 e. The molecular weight excluding hydrogens is 578 g/mol. The molecule has 4 N–H and O–H groups in total. The first-order chi connectivity index (χ1) is 21.6. The first-order valence-corrected chi connectivity index (χ1v) is 15.5. The Balaban J connectivity index is 0.000000162. The zero-order chi connectivity index (χ0) is 30.5. The van der Waals surface area contributed by atoms with Crippen LogP contribution < -0.4 is 14.8 Å². The van der Waals surface area contributed by atoms with Crippen molar-refractivity contribution in [3.05, 3.63) is 60.9 Å². The molecule has 1 fully saturated rings. The zero-order valence-corrected chi connectivity index (χ0v) is 25.4. The number of aliphatic hydroxyl groups is 1.